The predicted molar refractivity (Wildman–Crippen MR) is 74.7 cm³/mol. The summed E-state index contributed by atoms with van der Waals surface area (Å²) in [6, 6.07) is 1.45. The molecule has 0 radical (unpaired) electrons. The highest BCUT2D eigenvalue weighted by Gasteiger charge is 2.56. The molecule has 0 aromatic heterocycles. The summed E-state index contributed by atoms with van der Waals surface area (Å²) >= 11 is 0. The fourth-order valence-corrected chi connectivity index (χ4v) is 4.39. The largest absolute Gasteiger partial charge is 0.378 e. The lowest BCUT2D eigenvalue weighted by molar-refractivity contribution is -0.132. The van der Waals surface area contributed by atoms with Crippen molar-refractivity contribution in [1.82, 2.24) is 5.32 Å². The maximum atomic E-state index is 5.98. The number of rotatable bonds is 6. The molecule has 0 amide bonds. The van der Waals surface area contributed by atoms with E-state index in [4.69, 9.17) is 4.74 Å². The molecule has 0 heterocycles. The lowest BCUT2D eigenvalue weighted by atomic mass is 9.60. The van der Waals surface area contributed by atoms with Gasteiger partial charge in [-0.2, -0.15) is 0 Å². The summed E-state index contributed by atoms with van der Waals surface area (Å²) in [5.41, 5.74) is 0.508. The molecule has 18 heavy (non-hydrogen) atoms. The van der Waals surface area contributed by atoms with Crippen LogP contribution in [0, 0.1) is 11.3 Å². The molecule has 3 aliphatic rings. The number of nitrogens with one attached hydrogen (secondary N) is 1. The quantitative estimate of drug-likeness (QED) is 0.780. The van der Waals surface area contributed by atoms with E-state index < -0.39 is 0 Å². The summed E-state index contributed by atoms with van der Waals surface area (Å²) in [5.74, 6) is 1.04. The van der Waals surface area contributed by atoms with Crippen LogP contribution in [0.15, 0.2) is 0 Å². The monoisotopic (exact) mass is 251 g/mol. The van der Waals surface area contributed by atoms with Crippen LogP contribution in [0.4, 0.5) is 0 Å². The minimum Gasteiger partial charge on any atom is -0.378 e. The maximum absolute atomic E-state index is 5.98. The first-order chi connectivity index (χ1) is 8.74. The summed E-state index contributed by atoms with van der Waals surface area (Å²) in [5, 5.41) is 3.93. The van der Waals surface area contributed by atoms with Crippen LogP contribution in [-0.2, 0) is 4.74 Å². The fraction of sp³-hybridized carbons (Fsp3) is 1.00. The van der Waals surface area contributed by atoms with Crippen molar-refractivity contribution in [2.24, 2.45) is 11.3 Å². The zero-order valence-electron chi connectivity index (χ0n) is 12.1. The van der Waals surface area contributed by atoms with Gasteiger partial charge in [0.1, 0.15) is 0 Å². The minimum absolute atomic E-state index is 0.508. The molecule has 3 saturated carbocycles. The summed E-state index contributed by atoms with van der Waals surface area (Å²) in [6.45, 7) is 5.41. The molecule has 0 bridgehead atoms. The van der Waals surface area contributed by atoms with E-state index in [1.807, 2.05) is 0 Å². The summed E-state index contributed by atoms with van der Waals surface area (Å²) in [6.07, 6.45) is 11.8. The number of ether oxygens (including phenoxy) is 1. The van der Waals surface area contributed by atoms with Crippen LogP contribution in [0.3, 0.4) is 0 Å². The second kappa shape index (κ2) is 5.13. The van der Waals surface area contributed by atoms with E-state index in [1.165, 1.54) is 51.4 Å². The molecule has 0 aliphatic heterocycles. The first-order valence-electron chi connectivity index (χ1n) is 8.12. The lowest BCUT2D eigenvalue weighted by Crippen LogP contribution is -2.64. The van der Waals surface area contributed by atoms with Gasteiger partial charge in [-0.1, -0.05) is 25.7 Å². The molecule has 3 unspecified atom stereocenters. The van der Waals surface area contributed by atoms with Gasteiger partial charge in [-0.15, -0.1) is 0 Å². The van der Waals surface area contributed by atoms with Gasteiger partial charge in [-0.05, 0) is 45.4 Å². The van der Waals surface area contributed by atoms with Crippen LogP contribution < -0.4 is 5.32 Å². The van der Waals surface area contributed by atoms with E-state index in [0.717, 1.165) is 18.6 Å². The van der Waals surface area contributed by atoms with Gasteiger partial charge < -0.3 is 10.1 Å². The Hall–Kier alpha value is -0.0800. The third-order valence-electron chi connectivity index (χ3n) is 5.56. The molecule has 3 aliphatic carbocycles. The third kappa shape index (κ3) is 2.34. The smallest absolute Gasteiger partial charge is 0.0661 e. The van der Waals surface area contributed by atoms with E-state index in [9.17, 15) is 0 Å². The van der Waals surface area contributed by atoms with Gasteiger partial charge in [0.15, 0.2) is 0 Å². The Morgan fingerprint density at radius 1 is 1.28 bits per heavy atom. The highest BCUT2D eigenvalue weighted by Crippen LogP contribution is 2.55. The average Bonchev–Trinajstić information content (AvgIpc) is 2.98. The van der Waals surface area contributed by atoms with E-state index in [-0.39, 0.29) is 0 Å². The minimum atomic E-state index is 0.508. The Balaban J connectivity index is 1.55. The van der Waals surface area contributed by atoms with Crippen molar-refractivity contribution < 1.29 is 4.74 Å². The van der Waals surface area contributed by atoms with Crippen LogP contribution in [0.5, 0.6) is 0 Å². The van der Waals surface area contributed by atoms with Gasteiger partial charge in [0.2, 0.25) is 0 Å². The molecule has 2 nitrogen and oxygen atoms in total. The summed E-state index contributed by atoms with van der Waals surface area (Å²) < 4.78 is 5.98. The van der Waals surface area contributed by atoms with Crippen LogP contribution >= 0.6 is 0 Å². The van der Waals surface area contributed by atoms with Gasteiger partial charge >= 0.3 is 0 Å². The Bertz CT molecular complexity index is 281. The molecule has 3 fully saturated rings. The van der Waals surface area contributed by atoms with Crippen molar-refractivity contribution >= 4 is 0 Å². The zero-order valence-corrected chi connectivity index (χ0v) is 12.1. The van der Waals surface area contributed by atoms with Gasteiger partial charge in [0.25, 0.3) is 0 Å². The fourth-order valence-electron chi connectivity index (χ4n) is 4.39. The van der Waals surface area contributed by atoms with E-state index >= 15 is 0 Å². The van der Waals surface area contributed by atoms with E-state index in [0.29, 0.717) is 17.6 Å². The van der Waals surface area contributed by atoms with Crippen molar-refractivity contribution in [3.63, 3.8) is 0 Å². The normalized spacial score (nSPS) is 35.7. The van der Waals surface area contributed by atoms with Crippen LogP contribution in [0.2, 0.25) is 0 Å². The van der Waals surface area contributed by atoms with Crippen molar-refractivity contribution in [3.05, 3.63) is 0 Å². The Morgan fingerprint density at radius 2 is 2.00 bits per heavy atom. The van der Waals surface area contributed by atoms with Gasteiger partial charge in [0, 0.05) is 24.1 Å². The highest BCUT2D eigenvalue weighted by atomic mass is 16.5. The molecule has 3 rings (SSSR count). The molecule has 3 atom stereocenters. The molecule has 1 spiro atoms. The highest BCUT2D eigenvalue weighted by molar-refractivity contribution is 5.10. The van der Waals surface area contributed by atoms with E-state index in [2.05, 4.69) is 19.2 Å². The first-order valence-corrected chi connectivity index (χ1v) is 8.12. The first kappa shape index (κ1) is 12.9. The Labute approximate surface area is 112 Å². The van der Waals surface area contributed by atoms with Crippen molar-refractivity contribution in [3.8, 4) is 0 Å². The molecular weight excluding hydrogens is 222 g/mol. The van der Waals surface area contributed by atoms with Crippen molar-refractivity contribution in [2.75, 3.05) is 6.61 Å². The average molecular weight is 251 g/mol. The molecule has 0 saturated heterocycles. The van der Waals surface area contributed by atoms with Crippen LogP contribution in [0.1, 0.15) is 65.2 Å². The van der Waals surface area contributed by atoms with Crippen LogP contribution in [0.25, 0.3) is 0 Å². The Kier molecular flexibility index (Phi) is 3.68. The molecule has 1 N–H and O–H groups in total. The molecule has 0 aromatic rings. The molecular formula is C16H29NO. The van der Waals surface area contributed by atoms with Crippen molar-refractivity contribution in [2.45, 2.75) is 83.4 Å². The molecule has 2 heteroatoms. The third-order valence-corrected chi connectivity index (χ3v) is 5.56. The van der Waals surface area contributed by atoms with Gasteiger partial charge in [-0.25, -0.2) is 0 Å². The topological polar surface area (TPSA) is 21.3 Å². The Morgan fingerprint density at radius 3 is 2.61 bits per heavy atom. The second-order valence-electron chi connectivity index (χ2n) is 6.92. The van der Waals surface area contributed by atoms with Gasteiger partial charge in [0.05, 0.1) is 6.10 Å². The number of hydrogen-bond donors (Lipinski definition) is 1. The zero-order chi connectivity index (χ0) is 12.6. The second-order valence-corrected chi connectivity index (χ2v) is 6.92. The lowest BCUT2D eigenvalue weighted by Gasteiger charge is -2.55. The maximum Gasteiger partial charge on any atom is 0.0661 e. The van der Waals surface area contributed by atoms with E-state index in [1.54, 1.807) is 0 Å². The summed E-state index contributed by atoms with van der Waals surface area (Å²) in [7, 11) is 0. The van der Waals surface area contributed by atoms with Gasteiger partial charge in [-0.3, -0.25) is 0 Å². The van der Waals surface area contributed by atoms with Crippen molar-refractivity contribution in [1.29, 1.82) is 0 Å². The standard InChI is InChI=1S/C16H29NO/c1-3-18-15-11-14(16(15)8-4-5-9-16)17-12(2)10-13-6-7-13/h12-15,17H,3-11H2,1-2H3. The SMILES string of the molecule is CCOC1CC(NC(C)CC2CC2)C12CCCC2. The summed E-state index contributed by atoms with van der Waals surface area (Å²) in [4.78, 5) is 0. The molecule has 0 aromatic carbocycles. The number of hydrogen-bond acceptors (Lipinski definition) is 2. The van der Waals surface area contributed by atoms with Crippen LogP contribution in [-0.4, -0.2) is 24.8 Å². The predicted octanol–water partition coefficient (Wildman–Crippen LogP) is 3.50. The molecule has 104 valence electrons.